The maximum Gasteiger partial charge on any atom is 0.250 e. The number of likely N-dealkylation sites (N-methyl/N-ethyl adjacent to an activating group) is 1. The number of pyridine rings is 1. The highest BCUT2D eigenvalue weighted by molar-refractivity contribution is 5.92. The van der Waals surface area contributed by atoms with Crippen molar-refractivity contribution in [3.05, 3.63) is 89.1 Å². The summed E-state index contributed by atoms with van der Waals surface area (Å²) in [4.78, 5) is 17.6. The number of hydrogen-bond acceptors (Lipinski definition) is 4. The van der Waals surface area contributed by atoms with Crippen LogP contribution in [0.1, 0.15) is 27.0 Å². The number of primary amides is 1. The molecule has 0 saturated carbocycles. The third-order valence-electron chi connectivity index (χ3n) is 4.55. The van der Waals surface area contributed by atoms with Gasteiger partial charge in [0, 0.05) is 25.4 Å². The van der Waals surface area contributed by atoms with Gasteiger partial charge in [-0.15, -0.1) is 0 Å². The van der Waals surface area contributed by atoms with E-state index in [2.05, 4.69) is 53.3 Å². The molecule has 3 aromatic rings. The molecule has 2 N–H and O–H groups in total. The number of aromatic nitrogens is 1. The number of nitrogens with two attached hydrogens (primary N) is 1. The molecular weight excluding hydrogens is 350 g/mol. The average Bonchev–Trinajstić information content (AvgIpc) is 2.70. The average molecular weight is 375 g/mol. The fourth-order valence-corrected chi connectivity index (χ4v) is 2.98. The van der Waals surface area contributed by atoms with Crippen molar-refractivity contribution in [1.29, 1.82) is 0 Å². The van der Waals surface area contributed by atoms with E-state index in [9.17, 15) is 4.79 Å². The van der Waals surface area contributed by atoms with E-state index in [1.165, 1.54) is 17.3 Å². The molecule has 144 valence electrons. The number of ether oxygens (including phenoxy) is 1. The number of benzene rings is 2. The van der Waals surface area contributed by atoms with Gasteiger partial charge in [0.25, 0.3) is 0 Å². The van der Waals surface area contributed by atoms with Gasteiger partial charge in [0.05, 0.1) is 5.56 Å². The number of nitrogens with zero attached hydrogens (tertiary/aromatic N) is 2. The van der Waals surface area contributed by atoms with Crippen molar-refractivity contribution in [3.63, 3.8) is 0 Å². The Kier molecular flexibility index (Phi) is 6.40. The van der Waals surface area contributed by atoms with Gasteiger partial charge < -0.3 is 15.4 Å². The van der Waals surface area contributed by atoms with Crippen LogP contribution in [0.3, 0.4) is 0 Å². The zero-order valence-corrected chi connectivity index (χ0v) is 16.3. The van der Waals surface area contributed by atoms with Crippen molar-refractivity contribution in [2.45, 2.75) is 19.9 Å². The van der Waals surface area contributed by atoms with Crippen LogP contribution >= 0.6 is 0 Å². The quantitative estimate of drug-likeness (QED) is 0.647. The van der Waals surface area contributed by atoms with Gasteiger partial charge in [0.15, 0.2) is 0 Å². The molecular formula is C23H25N3O2. The van der Waals surface area contributed by atoms with Crippen molar-refractivity contribution in [1.82, 2.24) is 9.88 Å². The van der Waals surface area contributed by atoms with Crippen LogP contribution in [0.15, 0.2) is 66.9 Å². The summed E-state index contributed by atoms with van der Waals surface area (Å²) in [7, 11) is 2.13. The number of carbonyl (C=O) groups excluding carboxylic acids is 1. The van der Waals surface area contributed by atoms with Crippen LogP contribution in [0.4, 0.5) is 0 Å². The molecule has 0 saturated heterocycles. The highest BCUT2D eigenvalue weighted by atomic mass is 16.5. The summed E-state index contributed by atoms with van der Waals surface area (Å²) in [6.45, 7) is 3.89. The minimum atomic E-state index is -0.504. The molecule has 5 heteroatoms. The molecule has 1 aromatic heterocycles. The Morgan fingerprint density at radius 1 is 1.07 bits per heavy atom. The maximum absolute atomic E-state index is 11.1. The van der Waals surface area contributed by atoms with Crippen molar-refractivity contribution in [2.24, 2.45) is 5.73 Å². The monoisotopic (exact) mass is 375 g/mol. The molecule has 0 radical (unpaired) electrons. The number of amides is 1. The van der Waals surface area contributed by atoms with E-state index in [-0.39, 0.29) is 0 Å². The lowest BCUT2D eigenvalue weighted by molar-refractivity contribution is 0.1000. The smallest absolute Gasteiger partial charge is 0.250 e. The number of hydrogen-bond donors (Lipinski definition) is 1. The SMILES string of the molecule is Cc1cc(CN(C)CCc2ccccc2)ccc1Oc1ccc(C(N)=O)cn1. The highest BCUT2D eigenvalue weighted by Gasteiger charge is 2.07. The summed E-state index contributed by atoms with van der Waals surface area (Å²) in [6, 6.07) is 19.9. The topological polar surface area (TPSA) is 68.5 Å². The van der Waals surface area contributed by atoms with Crippen LogP contribution in [0.5, 0.6) is 11.6 Å². The second-order valence-electron chi connectivity index (χ2n) is 6.92. The van der Waals surface area contributed by atoms with Crippen molar-refractivity contribution in [2.75, 3.05) is 13.6 Å². The lowest BCUT2D eigenvalue weighted by Gasteiger charge is -2.18. The summed E-state index contributed by atoms with van der Waals surface area (Å²) >= 11 is 0. The summed E-state index contributed by atoms with van der Waals surface area (Å²) in [5.41, 5.74) is 9.21. The van der Waals surface area contributed by atoms with E-state index in [4.69, 9.17) is 10.5 Å². The summed E-state index contributed by atoms with van der Waals surface area (Å²) < 4.78 is 5.83. The first-order chi connectivity index (χ1) is 13.5. The zero-order valence-electron chi connectivity index (χ0n) is 16.3. The molecule has 0 aliphatic heterocycles. The highest BCUT2D eigenvalue weighted by Crippen LogP contribution is 2.25. The fraction of sp³-hybridized carbons (Fsp3) is 0.217. The van der Waals surface area contributed by atoms with Gasteiger partial charge in [-0.3, -0.25) is 4.79 Å². The van der Waals surface area contributed by atoms with Gasteiger partial charge in [-0.25, -0.2) is 4.98 Å². The van der Waals surface area contributed by atoms with E-state index in [0.29, 0.717) is 11.4 Å². The fourth-order valence-electron chi connectivity index (χ4n) is 2.98. The molecule has 0 aliphatic rings. The first-order valence-electron chi connectivity index (χ1n) is 9.27. The molecule has 0 spiro atoms. The van der Waals surface area contributed by atoms with Crippen molar-refractivity contribution in [3.8, 4) is 11.6 Å². The molecule has 0 bridgehead atoms. The van der Waals surface area contributed by atoms with Gasteiger partial charge in [-0.05, 0) is 49.2 Å². The molecule has 1 heterocycles. The molecule has 0 fully saturated rings. The summed E-state index contributed by atoms with van der Waals surface area (Å²) in [6.07, 6.45) is 2.45. The summed E-state index contributed by atoms with van der Waals surface area (Å²) in [5, 5.41) is 0. The Hall–Kier alpha value is -3.18. The van der Waals surface area contributed by atoms with E-state index in [0.717, 1.165) is 30.8 Å². The lowest BCUT2D eigenvalue weighted by Crippen LogP contribution is -2.20. The summed E-state index contributed by atoms with van der Waals surface area (Å²) in [5.74, 6) is 0.673. The first-order valence-corrected chi connectivity index (χ1v) is 9.27. The minimum Gasteiger partial charge on any atom is -0.439 e. The van der Waals surface area contributed by atoms with E-state index in [1.54, 1.807) is 12.1 Å². The Morgan fingerprint density at radius 2 is 1.86 bits per heavy atom. The van der Waals surface area contributed by atoms with Crippen LogP contribution in [-0.4, -0.2) is 29.4 Å². The molecule has 5 nitrogen and oxygen atoms in total. The first kappa shape index (κ1) is 19.6. The van der Waals surface area contributed by atoms with Gasteiger partial charge in [-0.2, -0.15) is 0 Å². The zero-order chi connectivity index (χ0) is 19.9. The van der Waals surface area contributed by atoms with Crippen molar-refractivity contribution >= 4 is 5.91 Å². The largest absolute Gasteiger partial charge is 0.439 e. The predicted octanol–water partition coefficient (Wildman–Crippen LogP) is 3.96. The Labute approximate surface area is 165 Å². The number of rotatable bonds is 8. The predicted molar refractivity (Wildman–Crippen MR) is 110 cm³/mol. The van der Waals surface area contributed by atoms with Crippen molar-refractivity contribution < 1.29 is 9.53 Å². The normalized spacial score (nSPS) is 10.8. The Bertz CT molecular complexity index is 924. The standard InChI is InChI=1S/C23H25N3O2/c1-17-14-19(16-26(2)13-12-18-6-4-3-5-7-18)8-10-21(17)28-22-11-9-20(15-25-22)23(24)27/h3-11,14-15H,12-13,16H2,1-2H3,(H2,24,27). The Balaban J connectivity index is 1.57. The minimum absolute atomic E-state index is 0.359. The third-order valence-corrected chi connectivity index (χ3v) is 4.55. The van der Waals surface area contributed by atoms with Crippen LogP contribution in [0.25, 0.3) is 0 Å². The van der Waals surface area contributed by atoms with Crippen LogP contribution < -0.4 is 10.5 Å². The maximum atomic E-state index is 11.1. The molecule has 0 unspecified atom stereocenters. The van der Waals surface area contributed by atoms with Crippen LogP contribution in [0.2, 0.25) is 0 Å². The van der Waals surface area contributed by atoms with Gasteiger partial charge >= 0.3 is 0 Å². The second-order valence-corrected chi connectivity index (χ2v) is 6.92. The van der Waals surface area contributed by atoms with Gasteiger partial charge in [0.1, 0.15) is 5.75 Å². The molecule has 2 aromatic carbocycles. The van der Waals surface area contributed by atoms with Crippen LogP contribution in [-0.2, 0) is 13.0 Å². The van der Waals surface area contributed by atoms with Gasteiger partial charge in [0.2, 0.25) is 11.8 Å². The van der Waals surface area contributed by atoms with Crippen LogP contribution in [0, 0.1) is 6.92 Å². The van der Waals surface area contributed by atoms with E-state index >= 15 is 0 Å². The third kappa shape index (κ3) is 5.41. The Morgan fingerprint density at radius 3 is 2.50 bits per heavy atom. The number of carbonyl (C=O) groups is 1. The van der Waals surface area contributed by atoms with E-state index < -0.39 is 5.91 Å². The molecule has 0 aliphatic carbocycles. The molecule has 28 heavy (non-hydrogen) atoms. The lowest BCUT2D eigenvalue weighted by atomic mass is 10.1. The van der Waals surface area contributed by atoms with Gasteiger partial charge in [-0.1, -0.05) is 42.5 Å². The molecule has 0 atom stereocenters. The molecule has 3 rings (SSSR count). The van der Waals surface area contributed by atoms with E-state index in [1.807, 2.05) is 19.1 Å². The number of aryl methyl sites for hydroxylation is 1. The molecule has 1 amide bonds. The second kappa shape index (κ2) is 9.15.